The Morgan fingerprint density at radius 3 is 2.39 bits per heavy atom. The molecule has 1 aromatic rings. The first-order valence-electron chi connectivity index (χ1n) is 11.9. The molecule has 9 heteroatoms. The number of thioether (sulfide) groups is 1. The van der Waals surface area contributed by atoms with E-state index in [0.29, 0.717) is 15.7 Å². The normalized spacial score (nSPS) is 33.4. The third kappa shape index (κ3) is 4.46. The van der Waals surface area contributed by atoms with Crippen molar-refractivity contribution in [2.45, 2.75) is 76.5 Å². The second kappa shape index (κ2) is 8.73. The number of nitrogens with one attached hydrogen (secondary N) is 2. The van der Waals surface area contributed by atoms with Crippen molar-refractivity contribution in [3.63, 3.8) is 0 Å². The molecule has 1 aromatic heterocycles. The molecule has 1 aliphatic heterocycles. The topological polar surface area (TPSA) is 96.9 Å². The summed E-state index contributed by atoms with van der Waals surface area (Å²) in [5.41, 5.74) is 1.20. The Morgan fingerprint density at radius 1 is 1.15 bits per heavy atom. The van der Waals surface area contributed by atoms with Gasteiger partial charge < -0.3 is 15.4 Å². The second-order valence-electron chi connectivity index (χ2n) is 10.1. The molecule has 178 valence electrons. The number of hydrogen-bond donors (Lipinski definition) is 2. The van der Waals surface area contributed by atoms with Gasteiger partial charge in [-0.25, -0.2) is 4.79 Å². The summed E-state index contributed by atoms with van der Waals surface area (Å²) < 4.78 is 5.16. The number of carbonyl (C=O) groups is 3. The minimum absolute atomic E-state index is 0.0118. The van der Waals surface area contributed by atoms with Crippen molar-refractivity contribution in [1.29, 1.82) is 0 Å². The van der Waals surface area contributed by atoms with E-state index < -0.39 is 11.2 Å². The molecule has 4 aliphatic carbocycles. The Labute approximate surface area is 202 Å². The lowest BCUT2D eigenvalue weighted by Crippen LogP contribution is -2.50. The number of aliphatic imine (C=N–C) groups is 1. The van der Waals surface area contributed by atoms with Gasteiger partial charge in [0.2, 0.25) is 11.8 Å². The van der Waals surface area contributed by atoms with Crippen molar-refractivity contribution in [3.8, 4) is 0 Å². The van der Waals surface area contributed by atoms with Gasteiger partial charge in [-0.1, -0.05) is 11.8 Å². The van der Waals surface area contributed by atoms with Crippen LogP contribution in [0.3, 0.4) is 0 Å². The summed E-state index contributed by atoms with van der Waals surface area (Å²) in [5.74, 6) is 1.47. The Balaban J connectivity index is 1.24. The third-order valence-corrected chi connectivity index (χ3v) is 9.81. The Morgan fingerprint density at radius 2 is 1.79 bits per heavy atom. The van der Waals surface area contributed by atoms with Crippen molar-refractivity contribution in [2.24, 2.45) is 22.7 Å². The van der Waals surface area contributed by atoms with Crippen LogP contribution in [0.25, 0.3) is 0 Å². The molecule has 7 nitrogen and oxygen atoms in total. The highest BCUT2D eigenvalue weighted by Gasteiger charge is 2.51. The second-order valence-corrected chi connectivity index (χ2v) is 12.5. The van der Waals surface area contributed by atoms with E-state index in [1.807, 2.05) is 13.8 Å². The van der Waals surface area contributed by atoms with E-state index >= 15 is 0 Å². The number of hydrogen-bond acceptors (Lipinski definition) is 7. The minimum Gasteiger partial charge on any atom is -0.462 e. The van der Waals surface area contributed by atoms with Gasteiger partial charge in [0, 0.05) is 11.3 Å². The minimum atomic E-state index is -0.508. The van der Waals surface area contributed by atoms with E-state index in [1.165, 1.54) is 42.4 Å². The molecule has 2 heterocycles. The SMILES string of the molecule is CCOC(=O)c1c(NC(=O)CC2SC(=NC34CC5CC(CC(C5)C3)C4)NC2=O)sc(C)c1C. The molecule has 2 amide bonds. The highest BCUT2D eigenvalue weighted by Crippen LogP contribution is 2.57. The number of nitrogens with zero attached hydrogens (tertiary/aromatic N) is 1. The number of amidine groups is 1. The summed E-state index contributed by atoms with van der Waals surface area (Å²) in [4.78, 5) is 43.8. The van der Waals surface area contributed by atoms with Crippen LogP contribution in [0.1, 0.15) is 72.7 Å². The van der Waals surface area contributed by atoms with Crippen molar-refractivity contribution >= 4 is 51.1 Å². The smallest absolute Gasteiger partial charge is 0.341 e. The van der Waals surface area contributed by atoms with Crippen molar-refractivity contribution in [2.75, 3.05) is 11.9 Å². The van der Waals surface area contributed by atoms with E-state index in [9.17, 15) is 14.4 Å². The van der Waals surface area contributed by atoms with Crippen molar-refractivity contribution in [1.82, 2.24) is 5.32 Å². The van der Waals surface area contributed by atoms with E-state index in [1.54, 1.807) is 6.92 Å². The summed E-state index contributed by atoms with van der Waals surface area (Å²) in [6.07, 6.45) is 7.49. The molecule has 5 aliphatic rings. The van der Waals surface area contributed by atoms with Gasteiger partial charge in [0.25, 0.3) is 0 Å². The fraction of sp³-hybridized carbons (Fsp3) is 0.667. The Kier molecular flexibility index (Phi) is 6.05. The van der Waals surface area contributed by atoms with E-state index in [4.69, 9.17) is 9.73 Å². The summed E-state index contributed by atoms with van der Waals surface area (Å²) in [6, 6.07) is 0. The van der Waals surface area contributed by atoms with Gasteiger partial charge in [0.15, 0.2) is 5.17 Å². The predicted octanol–water partition coefficient (Wildman–Crippen LogP) is 4.43. The maximum absolute atomic E-state index is 12.8. The molecular formula is C24H31N3O4S2. The monoisotopic (exact) mass is 489 g/mol. The highest BCUT2D eigenvalue weighted by atomic mass is 32.2. The number of carbonyl (C=O) groups excluding carboxylic acids is 3. The van der Waals surface area contributed by atoms with Crippen LogP contribution in [-0.4, -0.2) is 40.3 Å². The zero-order valence-electron chi connectivity index (χ0n) is 19.4. The molecule has 1 atom stereocenters. The van der Waals surface area contributed by atoms with Crippen LogP contribution in [0, 0.1) is 31.6 Å². The lowest BCUT2D eigenvalue weighted by atomic mass is 9.53. The van der Waals surface area contributed by atoms with Crippen LogP contribution in [0.5, 0.6) is 0 Å². The maximum atomic E-state index is 12.8. The van der Waals surface area contributed by atoms with E-state index in [2.05, 4.69) is 10.6 Å². The van der Waals surface area contributed by atoms with Gasteiger partial charge in [-0.05, 0) is 82.6 Å². The van der Waals surface area contributed by atoms with Crippen LogP contribution >= 0.6 is 23.1 Å². The molecule has 0 spiro atoms. The first kappa shape index (κ1) is 22.9. The molecule has 6 rings (SSSR count). The Bertz CT molecular complexity index is 996. The number of aryl methyl sites for hydroxylation is 1. The van der Waals surface area contributed by atoms with Gasteiger partial charge in [0.1, 0.15) is 10.3 Å². The van der Waals surface area contributed by atoms with Gasteiger partial charge in [0.05, 0.1) is 17.7 Å². The molecule has 1 unspecified atom stereocenters. The summed E-state index contributed by atoms with van der Waals surface area (Å²) in [6.45, 7) is 5.78. The summed E-state index contributed by atoms with van der Waals surface area (Å²) >= 11 is 2.73. The number of rotatable bonds is 6. The van der Waals surface area contributed by atoms with Crippen LogP contribution in [0.4, 0.5) is 5.00 Å². The lowest BCUT2D eigenvalue weighted by molar-refractivity contribution is -0.122. The fourth-order valence-corrected chi connectivity index (χ4v) is 8.66. The average molecular weight is 490 g/mol. The first-order chi connectivity index (χ1) is 15.7. The van der Waals surface area contributed by atoms with Crippen molar-refractivity contribution < 1.29 is 19.1 Å². The molecule has 0 radical (unpaired) electrons. The number of esters is 1. The molecular weight excluding hydrogens is 458 g/mol. The Hall–Kier alpha value is -1.87. The quantitative estimate of drug-likeness (QED) is 0.577. The van der Waals surface area contributed by atoms with Crippen LogP contribution in [0.2, 0.25) is 0 Å². The lowest BCUT2D eigenvalue weighted by Gasteiger charge is -2.55. The van der Waals surface area contributed by atoms with Gasteiger partial charge in [-0.15, -0.1) is 11.3 Å². The fourth-order valence-electron chi connectivity index (χ4n) is 6.52. The number of ether oxygens (including phenoxy) is 1. The highest BCUT2D eigenvalue weighted by molar-refractivity contribution is 8.15. The molecule has 4 saturated carbocycles. The number of anilines is 1. The third-order valence-electron chi connectivity index (χ3n) is 7.61. The zero-order valence-corrected chi connectivity index (χ0v) is 21.0. The molecule has 2 N–H and O–H groups in total. The molecule has 33 heavy (non-hydrogen) atoms. The largest absolute Gasteiger partial charge is 0.462 e. The molecule has 5 fully saturated rings. The standard InChI is InChI=1S/C24H31N3O4S2/c1-4-31-22(30)19-12(2)13(3)32-21(19)25-18(28)8-17-20(29)26-23(33-17)27-24-9-14-5-15(10-24)7-16(6-14)11-24/h14-17H,4-11H2,1-3H3,(H,25,28)(H,26,27,29). The van der Waals surface area contributed by atoms with E-state index in [-0.39, 0.29) is 30.4 Å². The summed E-state index contributed by atoms with van der Waals surface area (Å²) in [7, 11) is 0. The van der Waals surface area contributed by atoms with Crippen LogP contribution < -0.4 is 10.6 Å². The predicted molar refractivity (Wildman–Crippen MR) is 131 cm³/mol. The van der Waals surface area contributed by atoms with Gasteiger partial charge in [-0.2, -0.15) is 0 Å². The zero-order chi connectivity index (χ0) is 23.3. The molecule has 1 saturated heterocycles. The maximum Gasteiger partial charge on any atom is 0.341 e. The number of thiophene rings is 1. The molecule has 0 aromatic carbocycles. The molecule has 4 bridgehead atoms. The van der Waals surface area contributed by atoms with Crippen LogP contribution in [0.15, 0.2) is 4.99 Å². The number of amides is 2. The summed E-state index contributed by atoms with van der Waals surface area (Å²) in [5, 5.41) is 6.43. The van der Waals surface area contributed by atoms with Gasteiger partial charge >= 0.3 is 5.97 Å². The van der Waals surface area contributed by atoms with Crippen molar-refractivity contribution in [3.05, 3.63) is 16.0 Å². The average Bonchev–Trinajstić information content (AvgIpc) is 3.18. The first-order valence-corrected chi connectivity index (χ1v) is 13.6. The van der Waals surface area contributed by atoms with E-state index in [0.717, 1.165) is 47.5 Å². The van der Waals surface area contributed by atoms with Crippen LogP contribution in [-0.2, 0) is 14.3 Å². The van der Waals surface area contributed by atoms with Gasteiger partial charge in [-0.3, -0.25) is 14.6 Å².